The molecule has 0 atom stereocenters. The molecule has 4 heteroatoms. The zero-order valence-corrected chi connectivity index (χ0v) is 10.5. The van der Waals surface area contributed by atoms with E-state index >= 15 is 0 Å². The van der Waals surface area contributed by atoms with Gasteiger partial charge in [0.25, 0.3) is 0 Å². The number of nitrogen functional groups attached to an aromatic ring is 1. The zero-order valence-electron chi connectivity index (χ0n) is 10.5. The van der Waals surface area contributed by atoms with E-state index in [1.807, 2.05) is 24.3 Å². The van der Waals surface area contributed by atoms with E-state index in [1.54, 1.807) is 0 Å². The van der Waals surface area contributed by atoms with Crippen molar-refractivity contribution in [3.8, 4) is 0 Å². The molecule has 4 nitrogen and oxygen atoms in total. The minimum Gasteiger partial charge on any atom is -0.381 e. The van der Waals surface area contributed by atoms with E-state index in [9.17, 15) is 0 Å². The summed E-state index contributed by atoms with van der Waals surface area (Å²) in [7, 11) is 0. The summed E-state index contributed by atoms with van der Waals surface area (Å²) in [5, 5.41) is 3.33. The van der Waals surface area contributed by atoms with Gasteiger partial charge in [-0.3, -0.25) is 0 Å². The molecule has 0 radical (unpaired) electrons. The largest absolute Gasteiger partial charge is 0.381 e. The predicted molar refractivity (Wildman–Crippen MR) is 71.9 cm³/mol. The zero-order chi connectivity index (χ0) is 12.5. The normalized spacial score (nSPS) is 11.7. The van der Waals surface area contributed by atoms with E-state index in [1.165, 1.54) is 0 Å². The van der Waals surface area contributed by atoms with Crippen molar-refractivity contribution in [3.05, 3.63) is 24.3 Å². The molecular formula is C13H18N4. The number of anilines is 2. The van der Waals surface area contributed by atoms with Crippen LogP contribution in [0.25, 0.3) is 11.0 Å². The van der Waals surface area contributed by atoms with Crippen molar-refractivity contribution in [2.75, 3.05) is 11.1 Å². The van der Waals surface area contributed by atoms with Crippen LogP contribution in [0, 0.1) is 0 Å². The van der Waals surface area contributed by atoms with E-state index in [2.05, 4.69) is 36.1 Å². The van der Waals surface area contributed by atoms with Crippen LogP contribution >= 0.6 is 0 Å². The maximum Gasteiger partial charge on any atom is 0.169 e. The quantitative estimate of drug-likeness (QED) is 0.851. The molecule has 2 aromatic rings. The number of para-hydroxylation sites is 2. The summed E-state index contributed by atoms with van der Waals surface area (Å²) in [5.74, 6) is 1.11. The fourth-order valence-electron chi connectivity index (χ4n) is 1.51. The second-order valence-electron chi connectivity index (χ2n) is 4.81. The molecule has 0 aliphatic carbocycles. The van der Waals surface area contributed by atoms with Crippen LogP contribution in [0.2, 0.25) is 0 Å². The van der Waals surface area contributed by atoms with Crippen molar-refractivity contribution in [1.82, 2.24) is 9.97 Å². The Balaban J connectivity index is 2.44. The molecule has 17 heavy (non-hydrogen) atoms. The van der Waals surface area contributed by atoms with Crippen LogP contribution in [0.3, 0.4) is 0 Å². The summed E-state index contributed by atoms with van der Waals surface area (Å²) < 4.78 is 0. The second-order valence-corrected chi connectivity index (χ2v) is 4.81. The van der Waals surface area contributed by atoms with E-state index in [-0.39, 0.29) is 5.54 Å². The van der Waals surface area contributed by atoms with Crippen LogP contribution in [0.1, 0.15) is 27.2 Å². The van der Waals surface area contributed by atoms with Gasteiger partial charge >= 0.3 is 0 Å². The van der Waals surface area contributed by atoms with E-state index in [0.717, 1.165) is 17.5 Å². The SMILES string of the molecule is CCC(C)(C)Nc1nc2ccccc2nc1N. The Morgan fingerprint density at radius 1 is 1.18 bits per heavy atom. The Bertz CT molecular complexity index is 534. The first kappa shape index (κ1) is 11.6. The second kappa shape index (κ2) is 4.20. The van der Waals surface area contributed by atoms with Crippen LogP contribution in [0.15, 0.2) is 24.3 Å². The van der Waals surface area contributed by atoms with Gasteiger partial charge in [0.15, 0.2) is 11.6 Å². The van der Waals surface area contributed by atoms with E-state index in [4.69, 9.17) is 5.73 Å². The van der Waals surface area contributed by atoms with Crippen molar-refractivity contribution in [1.29, 1.82) is 0 Å². The Kier molecular flexibility index (Phi) is 2.88. The average Bonchev–Trinajstić information content (AvgIpc) is 2.30. The molecule has 0 spiro atoms. The average molecular weight is 230 g/mol. The van der Waals surface area contributed by atoms with Gasteiger partial charge in [-0.15, -0.1) is 0 Å². The number of hydrogen-bond acceptors (Lipinski definition) is 4. The van der Waals surface area contributed by atoms with Crippen LogP contribution in [0.5, 0.6) is 0 Å². The van der Waals surface area contributed by atoms with Crippen molar-refractivity contribution in [3.63, 3.8) is 0 Å². The highest BCUT2D eigenvalue weighted by atomic mass is 15.1. The fourth-order valence-corrected chi connectivity index (χ4v) is 1.51. The lowest BCUT2D eigenvalue weighted by Crippen LogP contribution is -2.30. The van der Waals surface area contributed by atoms with Crippen molar-refractivity contribution in [2.45, 2.75) is 32.7 Å². The highest BCUT2D eigenvalue weighted by Gasteiger charge is 2.17. The Labute approximate surface area is 101 Å². The molecule has 0 fully saturated rings. The molecule has 2 rings (SSSR count). The van der Waals surface area contributed by atoms with Gasteiger partial charge in [-0.2, -0.15) is 0 Å². The summed E-state index contributed by atoms with van der Waals surface area (Å²) in [5.41, 5.74) is 7.56. The number of nitrogens with zero attached hydrogens (tertiary/aromatic N) is 2. The van der Waals surface area contributed by atoms with E-state index in [0.29, 0.717) is 11.6 Å². The Morgan fingerprint density at radius 3 is 2.35 bits per heavy atom. The Morgan fingerprint density at radius 2 is 1.76 bits per heavy atom. The fraction of sp³-hybridized carbons (Fsp3) is 0.385. The molecule has 0 saturated heterocycles. The first-order valence-corrected chi connectivity index (χ1v) is 5.82. The third kappa shape index (κ3) is 2.46. The number of nitrogens with one attached hydrogen (secondary N) is 1. The number of aromatic nitrogens is 2. The molecule has 1 aromatic heterocycles. The molecule has 0 bridgehead atoms. The standard InChI is InChI=1S/C13H18N4/c1-4-13(2,3)17-12-11(14)15-9-7-5-6-8-10(9)16-12/h5-8H,4H2,1-3H3,(H2,14,15)(H,16,17). The third-order valence-electron chi connectivity index (χ3n) is 2.94. The minimum atomic E-state index is -0.0365. The molecule has 0 saturated carbocycles. The molecule has 0 amide bonds. The maximum absolute atomic E-state index is 5.91. The van der Waals surface area contributed by atoms with Crippen molar-refractivity contribution >= 4 is 22.7 Å². The van der Waals surface area contributed by atoms with Gasteiger partial charge in [0.05, 0.1) is 11.0 Å². The lowest BCUT2D eigenvalue weighted by Gasteiger charge is -2.25. The van der Waals surface area contributed by atoms with Gasteiger partial charge in [0, 0.05) is 5.54 Å². The predicted octanol–water partition coefficient (Wildman–Crippen LogP) is 2.81. The van der Waals surface area contributed by atoms with Crippen LogP contribution in [0.4, 0.5) is 11.6 Å². The van der Waals surface area contributed by atoms with Gasteiger partial charge < -0.3 is 11.1 Å². The minimum absolute atomic E-state index is 0.0365. The lowest BCUT2D eigenvalue weighted by molar-refractivity contribution is 0.545. The molecule has 1 aromatic carbocycles. The summed E-state index contributed by atoms with van der Waals surface area (Å²) in [6.07, 6.45) is 0.987. The molecule has 0 unspecified atom stereocenters. The van der Waals surface area contributed by atoms with Crippen molar-refractivity contribution in [2.24, 2.45) is 0 Å². The summed E-state index contributed by atoms with van der Waals surface area (Å²) in [6, 6.07) is 7.72. The summed E-state index contributed by atoms with van der Waals surface area (Å²) in [6.45, 7) is 6.35. The lowest BCUT2D eigenvalue weighted by atomic mass is 10.0. The van der Waals surface area contributed by atoms with Crippen LogP contribution in [-0.4, -0.2) is 15.5 Å². The maximum atomic E-state index is 5.91. The monoisotopic (exact) mass is 230 g/mol. The highest BCUT2D eigenvalue weighted by molar-refractivity contribution is 5.79. The molecule has 1 heterocycles. The first-order chi connectivity index (χ1) is 8.02. The third-order valence-corrected chi connectivity index (χ3v) is 2.94. The molecule has 0 aliphatic heterocycles. The smallest absolute Gasteiger partial charge is 0.169 e. The highest BCUT2D eigenvalue weighted by Crippen LogP contribution is 2.22. The van der Waals surface area contributed by atoms with Gasteiger partial charge in [-0.25, -0.2) is 9.97 Å². The summed E-state index contributed by atoms with van der Waals surface area (Å²) in [4.78, 5) is 8.86. The first-order valence-electron chi connectivity index (χ1n) is 5.82. The molecule has 3 N–H and O–H groups in total. The number of benzene rings is 1. The van der Waals surface area contributed by atoms with Gasteiger partial charge in [0.2, 0.25) is 0 Å². The summed E-state index contributed by atoms with van der Waals surface area (Å²) >= 11 is 0. The topological polar surface area (TPSA) is 63.8 Å². The number of nitrogens with two attached hydrogens (primary N) is 1. The molecule has 90 valence electrons. The Hall–Kier alpha value is -1.84. The van der Waals surface area contributed by atoms with Crippen molar-refractivity contribution < 1.29 is 0 Å². The van der Waals surface area contributed by atoms with Crippen LogP contribution < -0.4 is 11.1 Å². The van der Waals surface area contributed by atoms with Gasteiger partial charge in [-0.05, 0) is 32.4 Å². The number of fused-ring (bicyclic) bond motifs is 1. The van der Waals surface area contributed by atoms with E-state index < -0.39 is 0 Å². The van der Waals surface area contributed by atoms with Gasteiger partial charge in [0.1, 0.15) is 0 Å². The molecule has 0 aliphatic rings. The molecular weight excluding hydrogens is 212 g/mol. The number of rotatable bonds is 3. The van der Waals surface area contributed by atoms with Crippen LogP contribution in [-0.2, 0) is 0 Å². The van der Waals surface area contributed by atoms with Gasteiger partial charge in [-0.1, -0.05) is 19.1 Å². The number of hydrogen-bond donors (Lipinski definition) is 2.